The molecule has 0 N–H and O–H groups in total. The Labute approximate surface area is 746 Å². The Morgan fingerprint density at radius 1 is 0.180 bits per heavy atom. The number of hydrogen-bond donors (Lipinski definition) is 0. The smallest absolute Gasteiger partial charge is 0.143 e. The van der Waals surface area contributed by atoms with Crippen LogP contribution in [0.25, 0.3) is 177 Å². The normalized spacial score (nSPS) is 12.7. The van der Waals surface area contributed by atoms with E-state index < -0.39 is 0 Å². The molecule has 0 spiro atoms. The second-order valence-corrected chi connectivity index (χ2v) is 35.7. The van der Waals surface area contributed by atoms with E-state index in [2.05, 4.69) is 470 Å². The van der Waals surface area contributed by atoms with Crippen LogP contribution in [0.5, 0.6) is 0 Å². The summed E-state index contributed by atoms with van der Waals surface area (Å²) < 4.78 is 12.9. The summed E-state index contributed by atoms with van der Waals surface area (Å²) in [5.41, 5.74) is 42.0. The lowest BCUT2D eigenvalue weighted by atomic mass is 9.81. The van der Waals surface area contributed by atoms with Crippen molar-refractivity contribution in [3.8, 4) is 111 Å². The van der Waals surface area contributed by atoms with E-state index in [4.69, 9.17) is 8.83 Å². The number of anilines is 6. The van der Waals surface area contributed by atoms with Crippen molar-refractivity contribution >= 4 is 99.5 Å². The number of para-hydroxylation sites is 4. The van der Waals surface area contributed by atoms with E-state index in [0.717, 1.165) is 100 Å². The van der Waals surface area contributed by atoms with Crippen LogP contribution in [0, 0.1) is 13.8 Å². The van der Waals surface area contributed by atoms with Gasteiger partial charge in [-0.15, -0.1) is 0 Å². The maximum absolute atomic E-state index is 6.52. The van der Waals surface area contributed by atoms with Crippen LogP contribution < -0.4 is 9.80 Å². The first-order chi connectivity index (χ1) is 62.7. The van der Waals surface area contributed by atoms with Crippen LogP contribution in [0.1, 0.15) is 61.1 Å². The quantitative estimate of drug-likeness (QED) is 0.109. The van der Waals surface area contributed by atoms with E-state index in [1.807, 2.05) is 18.2 Å². The molecular formula is C124H90N2O2. The lowest BCUT2D eigenvalue weighted by Gasteiger charge is -2.30. The molecule has 2 aromatic heterocycles. The second-order valence-electron chi connectivity index (χ2n) is 35.7. The monoisotopic (exact) mass is 1640 g/mol. The van der Waals surface area contributed by atoms with Gasteiger partial charge in [0.15, 0.2) is 0 Å². The molecule has 24 rings (SSSR count). The van der Waals surface area contributed by atoms with Crippen LogP contribution in [0.15, 0.2) is 446 Å². The Hall–Kier alpha value is -15.9. The van der Waals surface area contributed by atoms with Gasteiger partial charge in [-0.25, -0.2) is 0 Å². The van der Waals surface area contributed by atoms with E-state index in [-0.39, 0.29) is 10.8 Å². The van der Waals surface area contributed by atoms with Crippen LogP contribution in [0.2, 0.25) is 0 Å². The molecule has 2 aliphatic rings. The Bertz CT molecular complexity index is 7750. The zero-order chi connectivity index (χ0) is 85.9. The molecular weight excluding hydrogens is 1550 g/mol. The molecule has 0 aliphatic heterocycles. The molecule has 0 saturated carbocycles. The summed E-state index contributed by atoms with van der Waals surface area (Å²) in [6.07, 6.45) is 0. The maximum atomic E-state index is 6.52. The van der Waals surface area contributed by atoms with Gasteiger partial charge in [0.25, 0.3) is 0 Å². The highest BCUT2D eigenvalue weighted by molar-refractivity contribution is 6.11. The van der Waals surface area contributed by atoms with Crippen molar-refractivity contribution in [2.45, 2.75) is 52.4 Å². The molecule has 0 bridgehead atoms. The van der Waals surface area contributed by atoms with E-state index >= 15 is 0 Å². The van der Waals surface area contributed by atoms with Gasteiger partial charge in [-0.3, -0.25) is 0 Å². The molecule has 128 heavy (non-hydrogen) atoms. The SMILES string of the molecule is CC1(C)c2cc(-c3ccc4ccccc4c3)ccc2-c2ccc(N(c3ccc(-c4cccc5c4oc4ccccc45)cc3)c3ccc4c(c3)C(C)(C)c3cc(-c5ccc6ccccc6c5)ccc3-4)cc21.Cc1ccc(-c2ccc(-c3ccc(N(c4ccc(-c5ccc(-c6ccc(C)cc6)cc5)cc4)c4ccc(-c5cccc6c5oc5ccccc56)cc4)cc3)cc2)cc1. The van der Waals surface area contributed by atoms with Gasteiger partial charge in [0.05, 0.1) is 0 Å². The number of nitrogens with zero attached hydrogens (tertiary/aromatic N) is 2. The van der Waals surface area contributed by atoms with Crippen molar-refractivity contribution in [2.75, 3.05) is 9.80 Å². The molecule has 20 aromatic carbocycles. The van der Waals surface area contributed by atoms with Gasteiger partial charge >= 0.3 is 0 Å². The molecule has 2 heterocycles. The third kappa shape index (κ3) is 13.6. The van der Waals surface area contributed by atoms with Crippen molar-refractivity contribution in [1.82, 2.24) is 0 Å². The number of aryl methyl sites for hydroxylation is 2. The summed E-state index contributed by atoms with van der Waals surface area (Å²) in [6.45, 7) is 13.8. The second kappa shape index (κ2) is 31.1. The van der Waals surface area contributed by atoms with Crippen molar-refractivity contribution in [3.63, 3.8) is 0 Å². The first-order valence-corrected chi connectivity index (χ1v) is 44.5. The minimum atomic E-state index is -0.224. The molecule has 4 heteroatoms. The highest BCUT2D eigenvalue weighted by atomic mass is 16.3. The van der Waals surface area contributed by atoms with E-state index in [0.29, 0.717) is 0 Å². The van der Waals surface area contributed by atoms with Gasteiger partial charge in [-0.1, -0.05) is 366 Å². The predicted octanol–water partition coefficient (Wildman–Crippen LogP) is 35.0. The molecule has 0 amide bonds. The minimum Gasteiger partial charge on any atom is -0.455 e. The first-order valence-electron chi connectivity index (χ1n) is 44.5. The Morgan fingerprint density at radius 2 is 0.430 bits per heavy atom. The number of fused-ring (bicyclic) bond motifs is 14. The van der Waals surface area contributed by atoms with Crippen LogP contribution in [0.4, 0.5) is 34.1 Å². The molecule has 608 valence electrons. The minimum absolute atomic E-state index is 0.224. The highest BCUT2D eigenvalue weighted by Gasteiger charge is 2.39. The van der Waals surface area contributed by atoms with Gasteiger partial charge in [-0.2, -0.15) is 0 Å². The van der Waals surface area contributed by atoms with Crippen molar-refractivity contribution in [1.29, 1.82) is 0 Å². The fourth-order valence-electron chi connectivity index (χ4n) is 20.1. The van der Waals surface area contributed by atoms with Gasteiger partial charge < -0.3 is 18.6 Å². The lowest BCUT2D eigenvalue weighted by molar-refractivity contribution is 0.660. The summed E-state index contributed by atoms with van der Waals surface area (Å²) in [7, 11) is 0. The topological polar surface area (TPSA) is 32.8 Å². The summed E-state index contributed by atoms with van der Waals surface area (Å²) in [5, 5.41) is 9.59. The molecule has 0 radical (unpaired) electrons. The summed E-state index contributed by atoms with van der Waals surface area (Å²) in [4.78, 5) is 4.80. The van der Waals surface area contributed by atoms with E-state index in [1.165, 1.54) is 144 Å². The zero-order valence-corrected chi connectivity index (χ0v) is 72.3. The average molecular weight is 1640 g/mol. The van der Waals surface area contributed by atoms with Crippen LogP contribution in [0.3, 0.4) is 0 Å². The van der Waals surface area contributed by atoms with Crippen LogP contribution in [-0.2, 0) is 10.8 Å². The van der Waals surface area contributed by atoms with Crippen molar-refractivity contribution < 1.29 is 8.83 Å². The van der Waals surface area contributed by atoms with E-state index in [9.17, 15) is 0 Å². The van der Waals surface area contributed by atoms with E-state index in [1.54, 1.807) is 0 Å². The summed E-state index contributed by atoms with van der Waals surface area (Å²) in [6, 6.07) is 160. The van der Waals surface area contributed by atoms with Crippen LogP contribution >= 0.6 is 0 Å². The number of rotatable bonds is 14. The largest absolute Gasteiger partial charge is 0.455 e. The lowest BCUT2D eigenvalue weighted by Crippen LogP contribution is -2.18. The molecule has 4 nitrogen and oxygen atoms in total. The summed E-state index contributed by atoms with van der Waals surface area (Å²) in [5.74, 6) is 0. The van der Waals surface area contributed by atoms with Crippen LogP contribution in [-0.4, -0.2) is 0 Å². The fraction of sp³-hybridized carbons (Fsp3) is 0.0645. The third-order valence-electron chi connectivity index (χ3n) is 27.1. The number of benzene rings is 20. The molecule has 0 atom stereocenters. The number of furan rings is 2. The van der Waals surface area contributed by atoms with Gasteiger partial charge in [0, 0.05) is 77.6 Å². The average Bonchev–Trinajstić information content (AvgIpc) is 1.56. The highest BCUT2D eigenvalue weighted by Crippen LogP contribution is 2.56. The van der Waals surface area contributed by atoms with Crippen molar-refractivity contribution in [2.24, 2.45) is 0 Å². The Balaban J connectivity index is 0.000000149. The molecule has 0 saturated heterocycles. The molecule has 0 fully saturated rings. The standard InChI is InChI=1S/C68H49NO.C56H41NO/c1-67(2)61-38-49(47-22-20-42-12-5-7-14-45(42)36-47)26-32-55(61)57-34-30-52(40-63(57)67)69(51-28-24-44(25-29-51)54-17-11-18-60-59-16-9-10-19-65(59)70-66(54)60)53-31-35-58-56-33-27-50(39-62(56)68(3,4)64(58)41-53)48-23-21-43-13-6-8-15-46(43)37-48;1-38-10-14-40(15-11-38)42-18-22-44(23-19-42)46-26-32-49(33-27-46)57(50-34-28-47(29-35-50)45-24-20-43(21-25-45)41-16-12-39(2)13-17-41)51-36-30-48(31-37-51)52-7-5-8-54-53-6-3-4-9-55(53)58-56(52)54/h5-41H,1-4H3;3-37H,1-2H3. The Morgan fingerprint density at radius 3 is 0.789 bits per heavy atom. The maximum Gasteiger partial charge on any atom is 0.143 e. The van der Waals surface area contributed by atoms with Gasteiger partial charge in [0.2, 0.25) is 0 Å². The predicted molar refractivity (Wildman–Crippen MR) is 540 cm³/mol. The van der Waals surface area contributed by atoms with Crippen molar-refractivity contribution in [3.05, 3.63) is 470 Å². The van der Waals surface area contributed by atoms with Gasteiger partial charge in [0.1, 0.15) is 22.3 Å². The number of hydrogen-bond acceptors (Lipinski definition) is 4. The molecule has 2 aliphatic carbocycles. The molecule has 0 unspecified atom stereocenters. The summed E-state index contributed by atoms with van der Waals surface area (Å²) >= 11 is 0. The molecule has 22 aromatic rings. The van der Waals surface area contributed by atoms with Gasteiger partial charge in [-0.05, 0) is 267 Å². The Kier molecular flexibility index (Phi) is 18.7. The third-order valence-corrected chi connectivity index (χ3v) is 27.1. The fourth-order valence-corrected chi connectivity index (χ4v) is 20.1. The zero-order valence-electron chi connectivity index (χ0n) is 72.3. The first kappa shape index (κ1) is 77.0.